The average Bonchev–Trinajstić information content (AvgIpc) is 3.31. The zero-order chi connectivity index (χ0) is 23.1. The van der Waals surface area contributed by atoms with Gasteiger partial charge in [0.1, 0.15) is 18.2 Å². The summed E-state index contributed by atoms with van der Waals surface area (Å²) in [6, 6.07) is 3.22. The van der Waals surface area contributed by atoms with Gasteiger partial charge in [-0.25, -0.2) is 0 Å². The summed E-state index contributed by atoms with van der Waals surface area (Å²) in [6.07, 6.45) is 6.12. The molecule has 1 amide bonds. The van der Waals surface area contributed by atoms with Gasteiger partial charge >= 0.3 is 0 Å². The smallest absolute Gasteiger partial charge is 0.287 e. The number of ether oxygens (including phenoxy) is 1. The Kier molecular flexibility index (Phi) is 8.64. The lowest BCUT2D eigenvalue weighted by atomic mass is 10.0. The Labute approximate surface area is 191 Å². The molecule has 3 rings (SSSR count). The molecule has 176 valence electrons. The van der Waals surface area contributed by atoms with E-state index in [-0.39, 0.29) is 17.7 Å². The zero-order valence-electron chi connectivity index (χ0n) is 20.0. The van der Waals surface area contributed by atoms with Crippen LogP contribution in [0.2, 0.25) is 0 Å². The molecule has 2 aromatic rings. The van der Waals surface area contributed by atoms with E-state index in [9.17, 15) is 4.79 Å². The van der Waals surface area contributed by atoms with Gasteiger partial charge in [-0.3, -0.25) is 9.69 Å². The van der Waals surface area contributed by atoms with Gasteiger partial charge < -0.3 is 19.0 Å². The number of carbonyl (C=O) groups excluding carboxylic acids is 1. The fourth-order valence-electron chi connectivity index (χ4n) is 3.96. The van der Waals surface area contributed by atoms with Crippen LogP contribution in [0.25, 0.3) is 0 Å². The van der Waals surface area contributed by atoms with Gasteiger partial charge in [0.25, 0.3) is 5.91 Å². The number of hydrogen-bond donors (Lipinski definition) is 1. The second-order valence-corrected chi connectivity index (χ2v) is 9.20. The minimum Gasteiger partial charge on any atom is -0.453 e. The first-order valence-corrected chi connectivity index (χ1v) is 11.6. The second kappa shape index (κ2) is 11.4. The third-order valence-electron chi connectivity index (χ3n) is 5.53. The summed E-state index contributed by atoms with van der Waals surface area (Å²) in [5, 5.41) is 12.1. The minimum absolute atomic E-state index is 0.230. The molecule has 0 bridgehead atoms. The normalized spacial score (nSPS) is 16.0. The number of methoxy groups -OCH3 is 1. The minimum atomic E-state index is -0.246. The quantitative estimate of drug-likeness (QED) is 0.565. The summed E-state index contributed by atoms with van der Waals surface area (Å²) in [5.41, 5.74) is 0. The number of allylic oxidation sites excluding steroid dienone is 1. The average molecular weight is 444 g/mol. The fourth-order valence-corrected chi connectivity index (χ4v) is 3.96. The van der Waals surface area contributed by atoms with E-state index < -0.39 is 0 Å². The summed E-state index contributed by atoms with van der Waals surface area (Å²) >= 11 is 0. The van der Waals surface area contributed by atoms with Gasteiger partial charge in [0.15, 0.2) is 11.6 Å². The summed E-state index contributed by atoms with van der Waals surface area (Å²) < 4.78 is 12.9. The molecule has 1 aliphatic heterocycles. The summed E-state index contributed by atoms with van der Waals surface area (Å²) in [4.78, 5) is 15.3. The van der Waals surface area contributed by atoms with Crippen molar-refractivity contribution < 1.29 is 13.9 Å². The lowest BCUT2D eigenvalue weighted by molar-refractivity contribution is 0.0892. The summed E-state index contributed by atoms with van der Waals surface area (Å²) in [5.74, 6) is 3.42. The van der Waals surface area contributed by atoms with Crippen LogP contribution in [0, 0.1) is 11.8 Å². The van der Waals surface area contributed by atoms with Crippen molar-refractivity contribution in [3.05, 3.63) is 47.5 Å². The van der Waals surface area contributed by atoms with Crippen LogP contribution >= 0.6 is 0 Å². The monoisotopic (exact) mass is 443 g/mol. The fraction of sp³-hybridized carbons (Fsp3) is 0.625. The SMILES string of the molecule is COCc1ccc(C(=O)N[C@@H](CC(C)C)c2nnc3n2CCN(C/C=C/C(C)C)CC3)o1. The highest BCUT2D eigenvalue weighted by Gasteiger charge is 2.27. The van der Waals surface area contributed by atoms with Crippen LogP contribution in [0.3, 0.4) is 0 Å². The molecule has 1 aliphatic rings. The van der Waals surface area contributed by atoms with Gasteiger partial charge in [0.05, 0.1) is 6.04 Å². The van der Waals surface area contributed by atoms with Crippen LogP contribution in [-0.4, -0.2) is 52.3 Å². The summed E-state index contributed by atoms with van der Waals surface area (Å²) in [6.45, 7) is 12.7. The Bertz CT molecular complexity index is 899. The first-order chi connectivity index (χ1) is 15.4. The van der Waals surface area contributed by atoms with Crippen molar-refractivity contribution in [2.45, 2.75) is 59.7 Å². The second-order valence-electron chi connectivity index (χ2n) is 9.20. The molecule has 2 aromatic heterocycles. The van der Waals surface area contributed by atoms with Crippen LogP contribution in [0.5, 0.6) is 0 Å². The number of furan rings is 1. The van der Waals surface area contributed by atoms with Gasteiger partial charge in [-0.2, -0.15) is 0 Å². The first-order valence-electron chi connectivity index (χ1n) is 11.6. The predicted molar refractivity (Wildman–Crippen MR) is 123 cm³/mol. The number of rotatable bonds is 10. The first kappa shape index (κ1) is 24.2. The molecule has 0 spiro atoms. The van der Waals surface area contributed by atoms with Crippen molar-refractivity contribution >= 4 is 5.91 Å². The van der Waals surface area contributed by atoms with Crippen LogP contribution < -0.4 is 5.32 Å². The zero-order valence-corrected chi connectivity index (χ0v) is 20.0. The maximum absolute atomic E-state index is 12.9. The maximum atomic E-state index is 12.9. The molecule has 8 nitrogen and oxygen atoms in total. The van der Waals surface area contributed by atoms with E-state index in [1.54, 1.807) is 19.2 Å². The van der Waals surface area contributed by atoms with E-state index in [1.165, 1.54) is 0 Å². The number of amides is 1. The Balaban J connectivity index is 1.72. The topological polar surface area (TPSA) is 85.4 Å². The Morgan fingerprint density at radius 3 is 2.75 bits per heavy atom. The third kappa shape index (κ3) is 6.53. The Hall–Kier alpha value is -2.45. The van der Waals surface area contributed by atoms with E-state index in [2.05, 4.69) is 64.8 Å². The van der Waals surface area contributed by atoms with Crippen molar-refractivity contribution in [1.29, 1.82) is 0 Å². The number of nitrogens with one attached hydrogen (secondary N) is 1. The van der Waals surface area contributed by atoms with Crippen LogP contribution in [0.4, 0.5) is 0 Å². The van der Waals surface area contributed by atoms with Crippen molar-refractivity contribution in [2.75, 3.05) is 26.7 Å². The predicted octanol–water partition coefficient (Wildman–Crippen LogP) is 3.61. The molecule has 0 unspecified atom stereocenters. The highest BCUT2D eigenvalue weighted by atomic mass is 16.5. The molecular weight excluding hydrogens is 406 g/mol. The molecule has 0 saturated heterocycles. The van der Waals surface area contributed by atoms with Gasteiger partial charge in [-0.15, -0.1) is 10.2 Å². The lowest BCUT2D eigenvalue weighted by Gasteiger charge is -2.21. The summed E-state index contributed by atoms with van der Waals surface area (Å²) in [7, 11) is 1.60. The Morgan fingerprint density at radius 1 is 1.22 bits per heavy atom. The van der Waals surface area contributed by atoms with Crippen molar-refractivity contribution in [2.24, 2.45) is 11.8 Å². The third-order valence-corrected chi connectivity index (χ3v) is 5.53. The van der Waals surface area contributed by atoms with E-state index in [0.717, 1.165) is 50.7 Å². The number of hydrogen-bond acceptors (Lipinski definition) is 6. The highest BCUT2D eigenvalue weighted by molar-refractivity contribution is 5.91. The van der Waals surface area contributed by atoms with Gasteiger partial charge in [-0.1, -0.05) is 39.8 Å². The largest absolute Gasteiger partial charge is 0.453 e. The Morgan fingerprint density at radius 2 is 2.03 bits per heavy atom. The number of carbonyl (C=O) groups is 1. The van der Waals surface area contributed by atoms with Crippen molar-refractivity contribution in [3.8, 4) is 0 Å². The van der Waals surface area contributed by atoms with Gasteiger partial charge in [0, 0.05) is 39.7 Å². The molecule has 3 heterocycles. The number of aromatic nitrogens is 3. The van der Waals surface area contributed by atoms with E-state index in [4.69, 9.17) is 9.15 Å². The van der Waals surface area contributed by atoms with Gasteiger partial charge in [-0.05, 0) is 30.4 Å². The molecule has 32 heavy (non-hydrogen) atoms. The highest BCUT2D eigenvalue weighted by Crippen LogP contribution is 2.23. The van der Waals surface area contributed by atoms with E-state index >= 15 is 0 Å². The van der Waals surface area contributed by atoms with Crippen LogP contribution in [-0.2, 0) is 24.3 Å². The molecule has 0 fully saturated rings. The van der Waals surface area contributed by atoms with Crippen molar-refractivity contribution in [1.82, 2.24) is 25.0 Å². The lowest BCUT2D eigenvalue weighted by Crippen LogP contribution is -2.32. The molecule has 0 aliphatic carbocycles. The standard InChI is InChI=1S/C24H37N5O3/c1-17(2)7-6-11-28-12-10-22-26-27-23(29(22)14-13-28)20(15-18(3)4)25-24(30)21-9-8-19(32-21)16-31-5/h6-9,17-18,20H,10-16H2,1-5H3,(H,25,30)/b7-6+/t20-/m0/s1. The molecule has 1 atom stereocenters. The molecular formula is C24H37N5O3. The molecule has 8 heteroatoms. The number of nitrogens with zero attached hydrogens (tertiary/aromatic N) is 4. The van der Waals surface area contributed by atoms with Crippen LogP contribution in [0.1, 0.15) is 68.1 Å². The molecule has 0 saturated carbocycles. The van der Waals surface area contributed by atoms with E-state index in [0.29, 0.717) is 24.2 Å². The molecule has 0 aromatic carbocycles. The van der Waals surface area contributed by atoms with E-state index in [1.807, 2.05) is 0 Å². The molecule has 0 radical (unpaired) electrons. The number of fused-ring (bicyclic) bond motifs is 1. The van der Waals surface area contributed by atoms with Crippen LogP contribution in [0.15, 0.2) is 28.7 Å². The van der Waals surface area contributed by atoms with Gasteiger partial charge in [0.2, 0.25) is 0 Å². The molecule has 1 N–H and O–H groups in total. The maximum Gasteiger partial charge on any atom is 0.287 e. The van der Waals surface area contributed by atoms with Crippen molar-refractivity contribution in [3.63, 3.8) is 0 Å².